The third-order valence-electron chi connectivity index (χ3n) is 3.58. The highest BCUT2D eigenvalue weighted by molar-refractivity contribution is 9.10. The number of nitrogens with two attached hydrogens (primary N) is 1. The van der Waals surface area contributed by atoms with Gasteiger partial charge >= 0.3 is 0 Å². The van der Waals surface area contributed by atoms with Crippen molar-refractivity contribution in [3.8, 4) is 5.75 Å². The molecule has 0 saturated carbocycles. The normalized spacial score (nSPS) is 32.0. The van der Waals surface area contributed by atoms with Crippen molar-refractivity contribution < 1.29 is 9.47 Å². The van der Waals surface area contributed by atoms with Gasteiger partial charge in [-0.25, -0.2) is 0 Å². The summed E-state index contributed by atoms with van der Waals surface area (Å²) < 4.78 is 12.8. The number of ether oxygens (including phenoxy) is 2. The molecule has 2 aliphatic rings. The number of benzene rings is 1. The lowest BCUT2D eigenvalue weighted by Gasteiger charge is -2.43. The fourth-order valence-electron chi connectivity index (χ4n) is 2.76. The molecule has 0 radical (unpaired) electrons. The van der Waals surface area contributed by atoms with Crippen LogP contribution in [0, 0.1) is 0 Å². The van der Waals surface area contributed by atoms with Gasteiger partial charge in [0.15, 0.2) is 0 Å². The van der Waals surface area contributed by atoms with Gasteiger partial charge in [0.2, 0.25) is 0 Å². The van der Waals surface area contributed by atoms with E-state index in [1.165, 1.54) is 0 Å². The molecule has 17 heavy (non-hydrogen) atoms. The highest BCUT2D eigenvalue weighted by Gasteiger charge is 2.41. The second-order valence-electron chi connectivity index (χ2n) is 4.93. The fourth-order valence-corrected chi connectivity index (χ4v) is 3.10. The predicted molar refractivity (Wildman–Crippen MR) is 69.1 cm³/mol. The molecule has 2 atom stereocenters. The van der Waals surface area contributed by atoms with Gasteiger partial charge in [-0.1, -0.05) is 22.0 Å². The minimum absolute atomic E-state index is 0.0496. The van der Waals surface area contributed by atoms with Gasteiger partial charge in [0.1, 0.15) is 11.4 Å². The molecule has 0 aliphatic carbocycles. The van der Waals surface area contributed by atoms with Gasteiger partial charge < -0.3 is 15.2 Å². The third-order valence-corrected chi connectivity index (χ3v) is 4.07. The van der Waals surface area contributed by atoms with Gasteiger partial charge in [0.25, 0.3) is 0 Å². The molecule has 1 aromatic rings. The predicted octanol–water partition coefficient (Wildman–Crippen LogP) is 2.78. The average molecular weight is 298 g/mol. The molecule has 0 aromatic heterocycles. The van der Waals surface area contributed by atoms with Crippen LogP contribution in [0.1, 0.15) is 30.9 Å². The van der Waals surface area contributed by atoms with E-state index in [4.69, 9.17) is 15.2 Å². The Bertz CT molecular complexity index is 429. The van der Waals surface area contributed by atoms with Gasteiger partial charge in [-0.3, -0.25) is 0 Å². The van der Waals surface area contributed by atoms with Crippen molar-refractivity contribution in [2.24, 2.45) is 5.73 Å². The zero-order valence-electron chi connectivity index (χ0n) is 9.62. The second-order valence-corrected chi connectivity index (χ2v) is 5.85. The molecule has 2 aliphatic heterocycles. The van der Waals surface area contributed by atoms with Crippen LogP contribution in [-0.2, 0) is 4.74 Å². The second kappa shape index (κ2) is 4.26. The molecule has 2 N–H and O–H groups in total. The van der Waals surface area contributed by atoms with E-state index in [2.05, 4.69) is 15.9 Å². The van der Waals surface area contributed by atoms with E-state index < -0.39 is 0 Å². The third kappa shape index (κ3) is 2.09. The van der Waals surface area contributed by atoms with Gasteiger partial charge in [-0.2, -0.15) is 0 Å². The van der Waals surface area contributed by atoms with E-state index in [1.54, 1.807) is 0 Å². The Hall–Kier alpha value is -0.580. The molecule has 3 nitrogen and oxygen atoms in total. The van der Waals surface area contributed by atoms with E-state index in [9.17, 15) is 0 Å². The summed E-state index contributed by atoms with van der Waals surface area (Å²) in [5.41, 5.74) is 7.15. The molecule has 3 rings (SSSR count). The fraction of sp³-hybridized carbons (Fsp3) is 0.538. The zero-order chi connectivity index (χ0) is 11.9. The van der Waals surface area contributed by atoms with Crippen molar-refractivity contribution in [2.45, 2.75) is 30.9 Å². The van der Waals surface area contributed by atoms with Gasteiger partial charge in [-0.05, 0) is 25.0 Å². The SMILES string of the molecule is N[C@H]1CC2(CCCOC2)Oc2cc(Br)ccc21. The maximum atomic E-state index is 6.25. The van der Waals surface area contributed by atoms with Crippen LogP contribution in [0.4, 0.5) is 0 Å². The first-order valence-corrected chi connectivity index (χ1v) is 6.80. The van der Waals surface area contributed by atoms with Crippen LogP contribution >= 0.6 is 15.9 Å². The Morgan fingerprint density at radius 3 is 3.06 bits per heavy atom. The van der Waals surface area contributed by atoms with Crippen LogP contribution in [0.3, 0.4) is 0 Å². The molecule has 1 fully saturated rings. The highest BCUT2D eigenvalue weighted by atomic mass is 79.9. The van der Waals surface area contributed by atoms with Crippen molar-refractivity contribution in [3.05, 3.63) is 28.2 Å². The number of halogens is 1. The molecule has 1 saturated heterocycles. The lowest BCUT2D eigenvalue weighted by atomic mass is 9.84. The summed E-state index contributed by atoms with van der Waals surface area (Å²) in [6, 6.07) is 6.11. The van der Waals surface area contributed by atoms with Crippen molar-refractivity contribution in [1.29, 1.82) is 0 Å². The highest BCUT2D eigenvalue weighted by Crippen LogP contribution is 2.42. The number of rotatable bonds is 0. The van der Waals surface area contributed by atoms with Crippen LogP contribution in [0.2, 0.25) is 0 Å². The summed E-state index contributed by atoms with van der Waals surface area (Å²) in [6.07, 6.45) is 2.93. The van der Waals surface area contributed by atoms with E-state index in [-0.39, 0.29) is 11.6 Å². The van der Waals surface area contributed by atoms with Gasteiger partial charge in [-0.15, -0.1) is 0 Å². The lowest BCUT2D eigenvalue weighted by Crippen LogP contribution is -2.49. The van der Waals surface area contributed by atoms with E-state index >= 15 is 0 Å². The molecule has 1 unspecified atom stereocenters. The van der Waals surface area contributed by atoms with Crippen LogP contribution in [0.5, 0.6) is 5.75 Å². The smallest absolute Gasteiger partial charge is 0.134 e. The van der Waals surface area contributed by atoms with Crippen molar-refractivity contribution in [3.63, 3.8) is 0 Å². The summed E-state index contributed by atoms with van der Waals surface area (Å²) in [7, 11) is 0. The Kier molecular flexibility index (Phi) is 2.89. The molecule has 92 valence electrons. The molecule has 1 aromatic carbocycles. The van der Waals surface area contributed by atoms with E-state index in [0.717, 1.165) is 41.7 Å². The largest absolute Gasteiger partial charge is 0.484 e. The van der Waals surface area contributed by atoms with Crippen LogP contribution in [0.15, 0.2) is 22.7 Å². The zero-order valence-corrected chi connectivity index (χ0v) is 11.2. The van der Waals surface area contributed by atoms with Gasteiger partial charge in [0, 0.05) is 29.1 Å². The number of hydrogen-bond donors (Lipinski definition) is 1. The maximum absolute atomic E-state index is 6.25. The molecule has 0 bridgehead atoms. The quantitative estimate of drug-likeness (QED) is 0.801. The number of fused-ring (bicyclic) bond motifs is 1. The van der Waals surface area contributed by atoms with Crippen molar-refractivity contribution in [1.82, 2.24) is 0 Å². The van der Waals surface area contributed by atoms with E-state index in [1.807, 2.05) is 18.2 Å². The minimum Gasteiger partial charge on any atom is -0.484 e. The lowest BCUT2D eigenvalue weighted by molar-refractivity contribution is -0.0833. The summed E-state index contributed by atoms with van der Waals surface area (Å²) >= 11 is 3.47. The van der Waals surface area contributed by atoms with Crippen molar-refractivity contribution >= 4 is 15.9 Å². The molecule has 0 amide bonds. The monoisotopic (exact) mass is 297 g/mol. The Morgan fingerprint density at radius 1 is 1.41 bits per heavy atom. The van der Waals surface area contributed by atoms with E-state index in [0.29, 0.717) is 6.61 Å². The summed E-state index contributed by atoms with van der Waals surface area (Å²) in [4.78, 5) is 0. The standard InChI is InChI=1S/C13H16BrNO2/c14-9-2-3-10-11(15)7-13(17-12(10)6-9)4-1-5-16-8-13/h2-3,6,11H,1,4-5,7-8,15H2/t11-,13?/m0/s1. The topological polar surface area (TPSA) is 44.5 Å². The van der Waals surface area contributed by atoms with Crippen molar-refractivity contribution in [2.75, 3.05) is 13.2 Å². The average Bonchev–Trinajstić information content (AvgIpc) is 2.29. The van der Waals surface area contributed by atoms with Crippen LogP contribution in [-0.4, -0.2) is 18.8 Å². The molecular weight excluding hydrogens is 282 g/mol. The van der Waals surface area contributed by atoms with Crippen LogP contribution < -0.4 is 10.5 Å². The maximum Gasteiger partial charge on any atom is 0.134 e. The Labute approximate surface area is 109 Å². The molecule has 4 heteroatoms. The molecule has 1 spiro atoms. The molecule has 2 heterocycles. The minimum atomic E-state index is -0.203. The number of hydrogen-bond acceptors (Lipinski definition) is 3. The Balaban J connectivity index is 1.95. The first kappa shape index (κ1) is 11.5. The first-order chi connectivity index (χ1) is 8.19. The van der Waals surface area contributed by atoms with Crippen LogP contribution in [0.25, 0.3) is 0 Å². The Morgan fingerprint density at radius 2 is 2.29 bits per heavy atom. The summed E-state index contributed by atoms with van der Waals surface area (Å²) in [5.74, 6) is 0.906. The molecular formula is C13H16BrNO2. The summed E-state index contributed by atoms with van der Waals surface area (Å²) in [5, 5.41) is 0. The summed E-state index contributed by atoms with van der Waals surface area (Å²) in [6.45, 7) is 1.50. The van der Waals surface area contributed by atoms with Gasteiger partial charge in [0.05, 0.1) is 6.61 Å². The first-order valence-electron chi connectivity index (χ1n) is 6.00.